The summed E-state index contributed by atoms with van der Waals surface area (Å²) in [6.45, 7) is 6.07. The van der Waals surface area contributed by atoms with E-state index in [-0.39, 0.29) is 5.60 Å². The predicted octanol–water partition coefficient (Wildman–Crippen LogP) is 3.20. The van der Waals surface area contributed by atoms with Gasteiger partial charge in [0.15, 0.2) is 5.79 Å². The molecule has 0 saturated carbocycles. The predicted molar refractivity (Wildman–Crippen MR) is 79.5 cm³/mol. The van der Waals surface area contributed by atoms with Crippen molar-refractivity contribution in [3.8, 4) is 0 Å². The maximum absolute atomic E-state index is 6.53. The molecule has 1 aromatic rings. The lowest BCUT2D eigenvalue weighted by atomic mass is 9.90. The van der Waals surface area contributed by atoms with E-state index >= 15 is 0 Å². The van der Waals surface area contributed by atoms with Crippen LogP contribution in [-0.4, -0.2) is 24.8 Å². The summed E-state index contributed by atoms with van der Waals surface area (Å²) in [4.78, 5) is 0. The molecule has 3 atom stereocenters. The van der Waals surface area contributed by atoms with Crippen LogP contribution in [-0.2, 0) is 15.3 Å². The van der Waals surface area contributed by atoms with Crippen LogP contribution in [0, 0.1) is 0 Å². The van der Waals surface area contributed by atoms with Crippen molar-refractivity contribution in [2.24, 2.45) is 0 Å². The van der Waals surface area contributed by atoms with E-state index in [0.29, 0.717) is 12.6 Å². The van der Waals surface area contributed by atoms with Gasteiger partial charge < -0.3 is 14.8 Å². The van der Waals surface area contributed by atoms with Crippen molar-refractivity contribution < 1.29 is 9.47 Å². The van der Waals surface area contributed by atoms with Crippen LogP contribution in [0.1, 0.15) is 45.1 Å². The van der Waals surface area contributed by atoms with E-state index in [9.17, 15) is 0 Å². The van der Waals surface area contributed by atoms with Crippen LogP contribution in [0.4, 0.5) is 0 Å². The Morgan fingerprint density at radius 2 is 2.05 bits per heavy atom. The Bertz CT molecular complexity index is 444. The fourth-order valence-electron chi connectivity index (χ4n) is 3.45. The molecule has 3 rings (SSSR count). The van der Waals surface area contributed by atoms with Gasteiger partial charge in [-0.05, 0) is 26.3 Å². The lowest BCUT2D eigenvalue weighted by molar-refractivity contribution is -0.201. The zero-order valence-corrected chi connectivity index (χ0v) is 12.5. The third-order valence-corrected chi connectivity index (χ3v) is 4.72. The molecule has 1 N–H and O–H groups in total. The van der Waals surface area contributed by atoms with Gasteiger partial charge in [0.2, 0.25) is 0 Å². The van der Waals surface area contributed by atoms with E-state index in [1.807, 2.05) is 18.2 Å². The first-order valence-corrected chi connectivity index (χ1v) is 7.82. The molecular formula is C17H25NO2. The Morgan fingerprint density at radius 1 is 1.25 bits per heavy atom. The van der Waals surface area contributed by atoms with Gasteiger partial charge in [-0.25, -0.2) is 0 Å². The van der Waals surface area contributed by atoms with Gasteiger partial charge in [0.05, 0.1) is 6.61 Å². The summed E-state index contributed by atoms with van der Waals surface area (Å²) in [5, 5.41) is 3.61. The summed E-state index contributed by atoms with van der Waals surface area (Å²) in [7, 11) is 0. The molecule has 0 aromatic heterocycles. The fourth-order valence-corrected chi connectivity index (χ4v) is 3.45. The number of nitrogens with one attached hydrogen (secondary N) is 1. The number of hydrogen-bond acceptors (Lipinski definition) is 3. The largest absolute Gasteiger partial charge is 0.343 e. The third kappa shape index (κ3) is 2.39. The molecular weight excluding hydrogens is 250 g/mol. The normalized spacial score (nSPS) is 38.0. The van der Waals surface area contributed by atoms with Crippen molar-refractivity contribution in [1.82, 2.24) is 5.32 Å². The zero-order valence-electron chi connectivity index (χ0n) is 12.5. The standard InChI is InChI=1S/C17H25NO2/c1-3-17(14-9-5-4-6-10-14)19-13-16(2,20-17)15-11-7-8-12-18-15/h4-6,9-10,15,18H,3,7-8,11-13H2,1-2H3/t15-,16+,17-/m0/s1. The Labute approximate surface area is 121 Å². The molecule has 110 valence electrons. The maximum Gasteiger partial charge on any atom is 0.195 e. The molecule has 2 aliphatic rings. The first-order chi connectivity index (χ1) is 9.69. The van der Waals surface area contributed by atoms with Crippen LogP contribution in [0.3, 0.4) is 0 Å². The third-order valence-electron chi connectivity index (χ3n) is 4.72. The second-order valence-electron chi connectivity index (χ2n) is 6.18. The lowest BCUT2D eigenvalue weighted by Gasteiger charge is -2.38. The zero-order chi connectivity index (χ0) is 14.1. The molecule has 0 aliphatic carbocycles. The molecule has 3 nitrogen and oxygen atoms in total. The number of ether oxygens (including phenoxy) is 2. The fraction of sp³-hybridized carbons (Fsp3) is 0.647. The van der Waals surface area contributed by atoms with Crippen LogP contribution in [0.2, 0.25) is 0 Å². The van der Waals surface area contributed by atoms with Crippen LogP contribution >= 0.6 is 0 Å². The number of piperidine rings is 1. The molecule has 0 spiro atoms. The smallest absolute Gasteiger partial charge is 0.195 e. The summed E-state index contributed by atoms with van der Waals surface area (Å²) < 4.78 is 12.7. The molecule has 2 fully saturated rings. The van der Waals surface area contributed by atoms with Gasteiger partial charge in [-0.15, -0.1) is 0 Å². The Balaban J connectivity index is 1.83. The average molecular weight is 275 g/mol. The van der Waals surface area contributed by atoms with Crippen LogP contribution in [0.25, 0.3) is 0 Å². The van der Waals surface area contributed by atoms with E-state index in [4.69, 9.17) is 9.47 Å². The number of hydrogen-bond donors (Lipinski definition) is 1. The van der Waals surface area contributed by atoms with Crippen molar-refractivity contribution in [2.45, 2.75) is 57.0 Å². The van der Waals surface area contributed by atoms with Crippen molar-refractivity contribution in [3.05, 3.63) is 35.9 Å². The van der Waals surface area contributed by atoms with Gasteiger partial charge >= 0.3 is 0 Å². The quantitative estimate of drug-likeness (QED) is 0.919. The SMILES string of the molecule is CC[C@]1(c2ccccc2)OC[C@](C)([C@@H]2CCCCN2)O1. The topological polar surface area (TPSA) is 30.5 Å². The lowest BCUT2D eigenvalue weighted by Crippen LogP contribution is -2.53. The van der Waals surface area contributed by atoms with Crippen molar-refractivity contribution in [2.75, 3.05) is 13.2 Å². The number of rotatable bonds is 3. The van der Waals surface area contributed by atoms with Crippen LogP contribution < -0.4 is 5.32 Å². The van der Waals surface area contributed by atoms with Gasteiger partial charge in [-0.3, -0.25) is 0 Å². The van der Waals surface area contributed by atoms with Crippen LogP contribution in [0.5, 0.6) is 0 Å². The molecule has 0 amide bonds. The van der Waals surface area contributed by atoms with Crippen molar-refractivity contribution in [1.29, 1.82) is 0 Å². The molecule has 20 heavy (non-hydrogen) atoms. The van der Waals surface area contributed by atoms with E-state index in [2.05, 4.69) is 31.3 Å². The molecule has 2 saturated heterocycles. The average Bonchev–Trinajstić information content (AvgIpc) is 2.89. The van der Waals surface area contributed by atoms with E-state index in [0.717, 1.165) is 18.5 Å². The van der Waals surface area contributed by atoms with Crippen molar-refractivity contribution in [3.63, 3.8) is 0 Å². The Morgan fingerprint density at radius 3 is 2.70 bits per heavy atom. The van der Waals surface area contributed by atoms with Gasteiger partial charge in [0, 0.05) is 18.0 Å². The summed E-state index contributed by atoms with van der Waals surface area (Å²) >= 11 is 0. The van der Waals surface area contributed by atoms with E-state index in [1.54, 1.807) is 0 Å². The molecule has 2 aliphatic heterocycles. The Hall–Kier alpha value is -0.900. The summed E-state index contributed by atoms with van der Waals surface area (Å²) in [6.07, 6.45) is 4.56. The van der Waals surface area contributed by atoms with Gasteiger partial charge in [-0.2, -0.15) is 0 Å². The van der Waals surface area contributed by atoms with Gasteiger partial charge in [-0.1, -0.05) is 43.7 Å². The van der Waals surface area contributed by atoms with Crippen molar-refractivity contribution >= 4 is 0 Å². The second-order valence-corrected chi connectivity index (χ2v) is 6.18. The maximum atomic E-state index is 6.53. The highest BCUT2D eigenvalue weighted by Crippen LogP contribution is 2.44. The highest BCUT2D eigenvalue weighted by atomic mass is 16.8. The second kappa shape index (κ2) is 5.47. The molecule has 1 aromatic carbocycles. The van der Waals surface area contributed by atoms with Gasteiger partial charge in [0.25, 0.3) is 0 Å². The monoisotopic (exact) mass is 275 g/mol. The summed E-state index contributed by atoms with van der Waals surface area (Å²) in [5.41, 5.74) is 0.897. The highest BCUT2D eigenvalue weighted by Gasteiger charge is 2.51. The minimum absolute atomic E-state index is 0.230. The summed E-state index contributed by atoms with van der Waals surface area (Å²) in [5.74, 6) is -0.574. The first-order valence-electron chi connectivity index (χ1n) is 7.82. The molecule has 3 heteroatoms. The highest BCUT2D eigenvalue weighted by molar-refractivity contribution is 5.22. The minimum atomic E-state index is -0.574. The molecule has 2 heterocycles. The van der Waals surface area contributed by atoms with Crippen LogP contribution in [0.15, 0.2) is 30.3 Å². The molecule has 0 unspecified atom stereocenters. The first kappa shape index (κ1) is 14.1. The molecule has 0 radical (unpaired) electrons. The summed E-state index contributed by atoms with van der Waals surface area (Å²) in [6, 6.07) is 10.7. The molecule has 0 bridgehead atoms. The minimum Gasteiger partial charge on any atom is -0.343 e. The van der Waals surface area contributed by atoms with Gasteiger partial charge in [0.1, 0.15) is 5.60 Å². The number of benzene rings is 1. The van der Waals surface area contributed by atoms with E-state index < -0.39 is 5.79 Å². The van der Waals surface area contributed by atoms with E-state index in [1.165, 1.54) is 19.3 Å². The Kier molecular flexibility index (Phi) is 3.85.